The number of nitrogens with zero attached hydrogens (tertiary/aromatic N) is 4. The van der Waals surface area contributed by atoms with Crippen LogP contribution < -0.4 is 5.32 Å². The first-order valence-corrected chi connectivity index (χ1v) is 12.1. The highest BCUT2D eigenvalue weighted by atomic mass is 32.2. The van der Waals surface area contributed by atoms with Crippen LogP contribution in [0.1, 0.15) is 57.1 Å². The second-order valence-corrected chi connectivity index (χ2v) is 9.15. The van der Waals surface area contributed by atoms with Gasteiger partial charge < -0.3 is 10.2 Å². The van der Waals surface area contributed by atoms with Crippen LogP contribution in [0.4, 0.5) is 0 Å². The van der Waals surface area contributed by atoms with Crippen molar-refractivity contribution in [2.45, 2.75) is 70.5 Å². The van der Waals surface area contributed by atoms with Crippen LogP contribution in [-0.4, -0.2) is 55.9 Å². The number of aromatic nitrogens is 3. The fourth-order valence-electron chi connectivity index (χ4n) is 4.17. The molecule has 3 rings (SSSR count). The largest absolute Gasteiger partial charge is 0.341 e. The predicted molar refractivity (Wildman–Crippen MR) is 123 cm³/mol. The molecule has 0 saturated heterocycles. The molecule has 1 fully saturated rings. The lowest BCUT2D eigenvalue weighted by Crippen LogP contribution is -2.60. The molecule has 1 heterocycles. The smallest absolute Gasteiger partial charge is 0.248 e. The van der Waals surface area contributed by atoms with Gasteiger partial charge in [-0.25, -0.2) is 0 Å². The minimum Gasteiger partial charge on any atom is -0.341 e. The molecule has 0 bridgehead atoms. The third kappa shape index (κ3) is 5.29. The lowest BCUT2D eigenvalue weighted by molar-refractivity contribution is -0.142. The maximum atomic E-state index is 13.2. The van der Waals surface area contributed by atoms with Crippen molar-refractivity contribution < 1.29 is 9.59 Å². The molecular weight excluding hydrogens is 410 g/mol. The summed E-state index contributed by atoms with van der Waals surface area (Å²) < 4.78 is 1.89. The van der Waals surface area contributed by atoms with Crippen molar-refractivity contribution >= 4 is 23.6 Å². The van der Waals surface area contributed by atoms with E-state index in [-0.39, 0.29) is 17.6 Å². The summed E-state index contributed by atoms with van der Waals surface area (Å²) in [5.74, 6) is 0.104. The van der Waals surface area contributed by atoms with Crippen molar-refractivity contribution in [1.82, 2.24) is 25.0 Å². The van der Waals surface area contributed by atoms with Gasteiger partial charge in [0.2, 0.25) is 11.8 Å². The number of rotatable bonds is 8. The first kappa shape index (κ1) is 23.3. The maximum Gasteiger partial charge on any atom is 0.248 e. The molecule has 8 heteroatoms. The van der Waals surface area contributed by atoms with E-state index >= 15 is 0 Å². The number of carbonyl (C=O) groups is 2. The fraction of sp³-hybridized carbons (Fsp3) is 0.565. The predicted octanol–water partition coefficient (Wildman–Crippen LogP) is 3.66. The van der Waals surface area contributed by atoms with Crippen LogP contribution in [0.25, 0.3) is 5.69 Å². The number of carbonyl (C=O) groups excluding carboxylic acids is 2. The molecule has 1 aromatic heterocycles. The molecule has 0 aliphatic heterocycles. The SMILES string of the molecule is CCN(CC)C(=O)C1(NC(=O)CSc2nncn2-c2ccc(C)c(C)c2)CCCCC1. The van der Waals surface area contributed by atoms with Gasteiger partial charge in [0.1, 0.15) is 11.9 Å². The van der Waals surface area contributed by atoms with Crippen LogP contribution in [0, 0.1) is 13.8 Å². The van der Waals surface area contributed by atoms with E-state index in [1.807, 2.05) is 29.4 Å². The zero-order chi connectivity index (χ0) is 22.4. The molecule has 1 aliphatic carbocycles. The molecule has 168 valence electrons. The Morgan fingerprint density at radius 3 is 2.48 bits per heavy atom. The van der Waals surface area contributed by atoms with Crippen molar-refractivity contribution in [1.29, 1.82) is 0 Å². The van der Waals surface area contributed by atoms with E-state index in [2.05, 4.69) is 41.5 Å². The van der Waals surface area contributed by atoms with E-state index in [9.17, 15) is 9.59 Å². The van der Waals surface area contributed by atoms with E-state index in [1.54, 1.807) is 6.33 Å². The van der Waals surface area contributed by atoms with Gasteiger partial charge in [-0.05, 0) is 63.8 Å². The summed E-state index contributed by atoms with van der Waals surface area (Å²) in [6.45, 7) is 9.41. The lowest BCUT2D eigenvalue weighted by Gasteiger charge is -2.40. The molecule has 2 amide bonds. The van der Waals surface area contributed by atoms with Gasteiger partial charge in [0.25, 0.3) is 0 Å². The number of hydrogen-bond acceptors (Lipinski definition) is 5. The zero-order valence-electron chi connectivity index (χ0n) is 19.0. The Morgan fingerprint density at radius 2 is 1.84 bits per heavy atom. The Hall–Kier alpha value is -2.35. The normalized spacial score (nSPS) is 15.5. The summed E-state index contributed by atoms with van der Waals surface area (Å²) in [5.41, 5.74) is 2.61. The number of amides is 2. The Labute approximate surface area is 189 Å². The Morgan fingerprint density at radius 1 is 1.13 bits per heavy atom. The van der Waals surface area contributed by atoms with Gasteiger partial charge in [0, 0.05) is 18.8 Å². The van der Waals surface area contributed by atoms with Gasteiger partial charge in [0.05, 0.1) is 5.75 Å². The summed E-state index contributed by atoms with van der Waals surface area (Å²) >= 11 is 1.34. The molecule has 0 spiro atoms. The van der Waals surface area contributed by atoms with E-state index in [0.29, 0.717) is 31.1 Å². The minimum absolute atomic E-state index is 0.0499. The van der Waals surface area contributed by atoms with Gasteiger partial charge in [-0.3, -0.25) is 14.2 Å². The average molecular weight is 444 g/mol. The number of likely N-dealkylation sites (N-methyl/N-ethyl adjacent to an activating group) is 1. The molecule has 0 radical (unpaired) electrons. The first-order chi connectivity index (χ1) is 14.9. The molecule has 7 nitrogen and oxygen atoms in total. The highest BCUT2D eigenvalue weighted by Gasteiger charge is 2.42. The van der Waals surface area contributed by atoms with Crippen molar-refractivity contribution in [2.24, 2.45) is 0 Å². The molecule has 1 aliphatic rings. The van der Waals surface area contributed by atoms with E-state index in [0.717, 1.165) is 24.9 Å². The summed E-state index contributed by atoms with van der Waals surface area (Å²) in [5, 5.41) is 12.0. The van der Waals surface area contributed by atoms with Crippen molar-refractivity contribution in [3.8, 4) is 5.69 Å². The molecule has 1 saturated carbocycles. The maximum absolute atomic E-state index is 13.2. The number of nitrogens with one attached hydrogen (secondary N) is 1. The Balaban J connectivity index is 1.70. The molecule has 31 heavy (non-hydrogen) atoms. The van der Waals surface area contributed by atoms with Gasteiger partial charge >= 0.3 is 0 Å². The lowest BCUT2D eigenvalue weighted by atomic mass is 9.80. The average Bonchev–Trinajstić information content (AvgIpc) is 3.24. The monoisotopic (exact) mass is 443 g/mol. The van der Waals surface area contributed by atoms with Crippen LogP contribution >= 0.6 is 11.8 Å². The summed E-state index contributed by atoms with van der Waals surface area (Å²) in [6, 6.07) is 6.18. The third-order valence-electron chi connectivity index (χ3n) is 6.16. The van der Waals surface area contributed by atoms with Crippen LogP contribution in [0.3, 0.4) is 0 Å². The minimum atomic E-state index is -0.774. The number of aryl methyl sites for hydroxylation is 2. The van der Waals surface area contributed by atoms with E-state index in [1.165, 1.54) is 22.9 Å². The van der Waals surface area contributed by atoms with Gasteiger partial charge in [-0.1, -0.05) is 37.1 Å². The molecule has 1 aromatic carbocycles. The number of thioether (sulfide) groups is 1. The van der Waals surface area contributed by atoms with Gasteiger partial charge in [0.15, 0.2) is 5.16 Å². The summed E-state index contributed by atoms with van der Waals surface area (Å²) in [6.07, 6.45) is 6.10. The standard InChI is InChI=1S/C23H33N5O2S/c1-5-27(6-2)21(30)23(12-8-7-9-13-23)25-20(29)15-31-22-26-24-16-28(22)19-11-10-17(3)18(4)14-19/h10-11,14,16H,5-9,12-13,15H2,1-4H3,(H,25,29). The topological polar surface area (TPSA) is 80.1 Å². The second kappa shape index (κ2) is 10.3. The second-order valence-electron chi connectivity index (χ2n) is 8.21. The van der Waals surface area contributed by atoms with Crippen LogP contribution in [0.5, 0.6) is 0 Å². The molecule has 2 aromatic rings. The van der Waals surface area contributed by atoms with Gasteiger partial charge in [-0.15, -0.1) is 10.2 Å². The van der Waals surface area contributed by atoms with E-state index in [4.69, 9.17) is 0 Å². The quantitative estimate of drug-likeness (QED) is 0.630. The van der Waals surface area contributed by atoms with Crippen molar-refractivity contribution in [2.75, 3.05) is 18.8 Å². The fourth-order valence-corrected chi connectivity index (χ4v) is 4.90. The Bertz CT molecular complexity index is 916. The number of hydrogen-bond donors (Lipinski definition) is 1. The molecule has 0 atom stereocenters. The van der Waals surface area contributed by atoms with Crippen molar-refractivity contribution in [3.63, 3.8) is 0 Å². The van der Waals surface area contributed by atoms with E-state index < -0.39 is 5.54 Å². The van der Waals surface area contributed by atoms with Crippen LogP contribution in [0.2, 0.25) is 0 Å². The van der Waals surface area contributed by atoms with Crippen molar-refractivity contribution in [3.05, 3.63) is 35.7 Å². The van der Waals surface area contributed by atoms with Gasteiger partial charge in [-0.2, -0.15) is 0 Å². The molecular formula is C23H33N5O2S. The highest BCUT2D eigenvalue weighted by molar-refractivity contribution is 7.99. The first-order valence-electron chi connectivity index (χ1n) is 11.1. The molecule has 1 N–H and O–H groups in total. The number of benzene rings is 1. The third-order valence-corrected chi connectivity index (χ3v) is 7.11. The highest BCUT2D eigenvalue weighted by Crippen LogP contribution is 2.31. The zero-order valence-corrected chi connectivity index (χ0v) is 19.8. The Kier molecular flexibility index (Phi) is 7.75. The summed E-state index contributed by atoms with van der Waals surface area (Å²) in [4.78, 5) is 28.0. The summed E-state index contributed by atoms with van der Waals surface area (Å²) in [7, 11) is 0. The van der Waals surface area contributed by atoms with Crippen LogP contribution in [-0.2, 0) is 9.59 Å². The van der Waals surface area contributed by atoms with Crippen LogP contribution in [0.15, 0.2) is 29.7 Å². The molecule has 0 unspecified atom stereocenters.